The average Bonchev–Trinajstić information content (AvgIpc) is 2.41. The molecule has 0 saturated heterocycles. The van der Waals surface area contributed by atoms with Gasteiger partial charge >= 0.3 is 5.97 Å². The SMILES string of the molecule is CCCC(C(=O)Cc1cccc(Cl)c1F)C(=O)OCC. The van der Waals surface area contributed by atoms with E-state index < -0.39 is 17.7 Å². The number of benzene rings is 1. The van der Waals surface area contributed by atoms with Crippen molar-refractivity contribution in [2.24, 2.45) is 5.92 Å². The van der Waals surface area contributed by atoms with Crippen molar-refractivity contribution in [3.05, 3.63) is 34.6 Å². The molecule has 0 N–H and O–H groups in total. The molecule has 1 aromatic rings. The van der Waals surface area contributed by atoms with Gasteiger partial charge in [0, 0.05) is 6.42 Å². The standard InChI is InChI=1S/C15H18ClFO3/c1-3-6-11(15(19)20-4-2)13(18)9-10-7-5-8-12(16)14(10)17/h5,7-8,11H,3-4,6,9H2,1-2H3. The van der Waals surface area contributed by atoms with Crippen molar-refractivity contribution in [2.75, 3.05) is 6.61 Å². The van der Waals surface area contributed by atoms with E-state index >= 15 is 0 Å². The minimum Gasteiger partial charge on any atom is -0.465 e. The largest absolute Gasteiger partial charge is 0.465 e. The summed E-state index contributed by atoms with van der Waals surface area (Å²) in [5.74, 6) is -2.33. The molecule has 1 unspecified atom stereocenters. The zero-order valence-corrected chi connectivity index (χ0v) is 12.4. The first-order chi connectivity index (χ1) is 9.51. The number of hydrogen-bond donors (Lipinski definition) is 0. The van der Waals surface area contributed by atoms with Gasteiger partial charge in [0.1, 0.15) is 11.7 Å². The number of halogens is 2. The Hall–Kier alpha value is -1.42. The molecule has 3 nitrogen and oxygen atoms in total. The Morgan fingerprint density at radius 2 is 2.05 bits per heavy atom. The van der Waals surface area contributed by atoms with Gasteiger partial charge < -0.3 is 4.74 Å². The van der Waals surface area contributed by atoms with Crippen molar-refractivity contribution in [2.45, 2.75) is 33.1 Å². The summed E-state index contributed by atoms with van der Waals surface area (Å²) in [5.41, 5.74) is 0.202. The summed E-state index contributed by atoms with van der Waals surface area (Å²) in [6.45, 7) is 3.78. The topological polar surface area (TPSA) is 43.4 Å². The fourth-order valence-corrected chi connectivity index (χ4v) is 2.13. The molecule has 0 aliphatic heterocycles. The number of esters is 1. The van der Waals surface area contributed by atoms with Crippen LogP contribution in [0.4, 0.5) is 4.39 Å². The van der Waals surface area contributed by atoms with Crippen LogP contribution >= 0.6 is 11.6 Å². The van der Waals surface area contributed by atoms with Crippen LogP contribution in [0.2, 0.25) is 5.02 Å². The molecular weight excluding hydrogens is 283 g/mol. The van der Waals surface area contributed by atoms with Gasteiger partial charge in [-0.2, -0.15) is 0 Å². The van der Waals surface area contributed by atoms with E-state index in [1.54, 1.807) is 13.0 Å². The van der Waals surface area contributed by atoms with E-state index in [4.69, 9.17) is 16.3 Å². The monoisotopic (exact) mass is 300 g/mol. The maximum Gasteiger partial charge on any atom is 0.316 e. The minimum atomic E-state index is -0.835. The molecule has 0 spiro atoms. The van der Waals surface area contributed by atoms with E-state index in [9.17, 15) is 14.0 Å². The molecule has 0 aromatic heterocycles. The molecular formula is C15H18ClFO3. The van der Waals surface area contributed by atoms with Crippen molar-refractivity contribution in [1.82, 2.24) is 0 Å². The highest BCUT2D eigenvalue weighted by atomic mass is 35.5. The molecule has 20 heavy (non-hydrogen) atoms. The van der Waals surface area contributed by atoms with Crippen LogP contribution in [0, 0.1) is 11.7 Å². The van der Waals surface area contributed by atoms with E-state index in [1.807, 2.05) is 6.92 Å². The third kappa shape index (κ3) is 4.30. The summed E-state index contributed by atoms with van der Waals surface area (Å²) in [7, 11) is 0. The second-order valence-corrected chi connectivity index (χ2v) is 4.86. The summed E-state index contributed by atoms with van der Waals surface area (Å²) >= 11 is 5.67. The normalized spacial score (nSPS) is 12.0. The average molecular weight is 301 g/mol. The number of ether oxygens (including phenoxy) is 1. The van der Waals surface area contributed by atoms with Crippen LogP contribution in [0.1, 0.15) is 32.3 Å². The van der Waals surface area contributed by atoms with Gasteiger partial charge in [0.25, 0.3) is 0 Å². The van der Waals surface area contributed by atoms with Crippen LogP contribution in [0.3, 0.4) is 0 Å². The summed E-state index contributed by atoms with van der Waals surface area (Å²) < 4.78 is 18.6. The maximum absolute atomic E-state index is 13.8. The van der Waals surface area contributed by atoms with Gasteiger partial charge in [-0.05, 0) is 25.0 Å². The fraction of sp³-hybridized carbons (Fsp3) is 0.467. The van der Waals surface area contributed by atoms with Crippen molar-refractivity contribution in [3.63, 3.8) is 0 Å². The van der Waals surface area contributed by atoms with Crippen molar-refractivity contribution < 1.29 is 18.7 Å². The lowest BCUT2D eigenvalue weighted by molar-refractivity contribution is -0.151. The smallest absolute Gasteiger partial charge is 0.316 e. The van der Waals surface area contributed by atoms with E-state index in [-0.39, 0.29) is 29.4 Å². The Kier molecular flexibility index (Phi) is 6.65. The minimum absolute atomic E-state index is 0.0292. The first-order valence-electron chi connectivity index (χ1n) is 6.63. The number of hydrogen-bond acceptors (Lipinski definition) is 3. The Morgan fingerprint density at radius 3 is 2.65 bits per heavy atom. The number of ketones is 1. The summed E-state index contributed by atoms with van der Waals surface area (Å²) in [4.78, 5) is 23.9. The Labute approximate surface area is 123 Å². The lowest BCUT2D eigenvalue weighted by Crippen LogP contribution is -2.27. The van der Waals surface area contributed by atoms with Crippen LogP contribution in [-0.2, 0) is 20.7 Å². The molecule has 0 fully saturated rings. The quantitative estimate of drug-likeness (QED) is 0.571. The van der Waals surface area contributed by atoms with Gasteiger partial charge in [-0.15, -0.1) is 0 Å². The third-order valence-corrected chi connectivity index (χ3v) is 3.23. The van der Waals surface area contributed by atoms with Crippen LogP contribution in [0.25, 0.3) is 0 Å². The van der Waals surface area contributed by atoms with Gasteiger partial charge in [0.15, 0.2) is 5.78 Å². The molecule has 1 aromatic carbocycles. The highest BCUT2D eigenvalue weighted by Crippen LogP contribution is 2.20. The van der Waals surface area contributed by atoms with E-state index in [1.165, 1.54) is 12.1 Å². The lowest BCUT2D eigenvalue weighted by Gasteiger charge is -2.14. The number of rotatable bonds is 7. The maximum atomic E-state index is 13.8. The summed E-state index contributed by atoms with van der Waals surface area (Å²) in [5, 5.41) is -0.0292. The van der Waals surface area contributed by atoms with Crippen LogP contribution in [-0.4, -0.2) is 18.4 Å². The predicted octanol–water partition coefficient (Wildman–Crippen LogP) is 3.57. The van der Waals surface area contributed by atoms with Gasteiger partial charge in [-0.1, -0.05) is 37.1 Å². The Morgan fingerprint density at radius 1 is 1.35 bits per heavy atom. The Bertz CT molecular complexity index is 488. The first-order valence-corrected chi connectivity index (χ1v) is 7.01. The molecule has 0 aliphatic rings. The second-order valence-electron chi connectivity index (χ2n) is 4.45. The lowest BCUT2D eigenvalue weighted by atomic mass is 9.94. The molecule has 110 valence electrons. The number of carbonyl (C=O) groups is 2. The molecule has 0 radical (unpaired) electrons. The van der Waals surface area contributed by atoms with Crippen LogP contribution in [0.5, 0.6) is 0 Å². The molecule has 0 bridgehead atoms. The highest BCUT2D eigenvalue weighted by Gasteiger charge is 2.27. The predicted molar refractivity (Wildman–Crippen MR) is 75.2 cm³/mol. The molecule has 1 atom stereocenters. The number of carbonyl (C=O) groups excluding carboxylic acids is 2. The molecule has 0 heterocycles. The van der Waals surface area contributed by atoms with E-state index in [0.717, 1.165) is 0 Å². The van der Waals surface area contributed by atoms with Crippen LogP contribution in [0.15, 0.2) is 18.2 Å². The first kappa shape index (κ1) is 16.6. The summed E-state index contributed by atoms with van der Waals surface area (Å²) in [6, 6.07) is 4.49. The third-order valence-electron chi connectivity index (χ3n) is 2.93. The van der Waals surface area contributed by atoms with Gasteiger partial charge in [-0.25, -0.2) is 4.39 Å². The zero-order valence-electron chi connectivity index (χ0n) is 11.6. The molecule has 0 aliphatic carbocycles. The van der Waals surface area contributed by atoms with Gasteiger partial charge in [-0.3, -0.25) is 9.59 Å². The summed E-state index contributed by atoms with van der Waals surface area (Å²) in [6.07, 6.45) is 0.920. The van der Waals surface area contributed by atoms with Crippen molar-refractivity contribution in [1.29, 1.82) is 0 Å². The zero-order chi connectivity index (χ0) is 15.1. The number of Topliss-reactive ketones (excluding diaryl/α,β-unsaturated/α-hetero) is 1. The van der Waals surface area contributed by atoms with E-state index in [2.05, 4.69) is 0 Å². The van der Waals surface area contributed by atoms with Gasteiger partial charge in [0.05, 0.1) is 11.6 Å². The molecule has 5 heteroatoms. The molecule has 1 rings (SSSR count). The molecule has 0 amide bonds. The highest BCUT2D eigenvalue weighted by molar-refractivity contribution is 6.30. The second kappa shape index (κ2) is 8.00. The molecule has 0 saturated carbocycles. The van der Waals surface area contributed by atoms with Gasteiger partial charge in [0.2, 0.25) is 0 Å². The Balaban J connectivity index is 2.85. The van der Waals surface area contributed by atoms with Crippen molar-refractivity contribution in [3.8, 4) is 0 Å². The van der Waals surface area contributed by atoms with Crippen LogP contribution < -0.4 is 0 Å². The fourth-order valence-electron chi connectivity index (χ4n) is 1.94. The van der Waals surface area contributed by atoms with E-state index in [0.29, 0.717) is 12.8 Å². The van der Waals surface area contributed by atoms with Crippen molar-refractivity contribution >= 4 is 23.4 Å².